The Hall–Kier alpha value is -2.81. The second-order valence-electron chi connectivity index (χ2n) is 7.73. The average molecular weight is 432 g/mol. The van der Waals surface area contributed by atoms with Crippen molar-refractivity contribution in [3.63, 3.8) is 0 Å². The molecule has 30 heavy (non-hydrogen) atoms. The van der Waals surface area contributed by atoms with Gasteiger partial charge in [-0.2, -0.15) is 0 Å². The van der Waals surface area contributed by atoms with Crippen LogP contribution in [0.4, 0.5) is 0 Å². The number of nitrogens with one attached hydrogen (secondary N) is 1. The Balaban J connectivity index is 1.66. The van der Waals surface area contributed by atoms with Crippen molar-refractivity contribution < 1.29 is 22.8 Å². The van der Waals surface area contributed by atoms with Crippen LogP contribution in [0.3, 0.4) is 0 Å². The van der Waals surface area contributed by atoms with E-state index in [0.717, 1.165) is 6.26 Å². The summed E-state index contributed by atoms with van der Waals surface area (Å²) in [6, 6.07) is 7.98. The maximum absolute atomic E-state index is 12.9. The first-order chi connectivity index (χ1) is 14.2. The minimum atomic E-state index is -3.41. The highest BCUT2D eigenvalue weighted by molar-refractivity contribution is 7.91. The smallest absolute Gasteiger partial charge is 0.252 e. The zero-order valence-corrected chi connectivity index (χ0v) is 17.8. The second kappa shape index (κ2) is 8.91. The molecule has 8 nitrogen and oxygen atoms in total. The number of likely N-dealkylation sites (tertiary alicyclic amines) is 1. The molecule has 2 atom stereocenters. The minimum Gasteiger partial charge on any atom is -0.341 e. The number of carbonyl (C=O) groups is 3. The molecule has 1 aromatic heterocycles. The number of hydrogen-bond donors (Lipinski definition) is 1. The molecule has 1 aliphatic rings. The quantitative estimate of drug-likeness (QED) is 0.735. The van der Waals surface area contributed by atoms with Gasteiger partial charge in [-0.1, -0.05) is 12.1 Å². The molecule has 0 unspecified atom stereocenters. The van der Waals surface area contributed by atoms with Crippen LogP contribution in [-0.2, 0) is 19.4 Å². The highest BCUT2D eigenvalue weighted by Crippen LogP contribution is 2.20. The number of benzene rings is 1. The van der Waals surface area contributed by atoms with Gasteiger partial charge in [0.2, 0.25) is 5.91 Å². The van der Waals surface area contributed by atoms with Crippen LogP contribution in [-0.4, -0.2) is 67.0 Å². The molecule has 0 spiro atoms. The van der Waals surface area contributed by atoms with E-state index in [1.54, 1.807) is 37.4 Å². The van der Waals surface area contributed by atoms with Gasteiger partial charge in [-0.15, -0.1) is 0 Å². The molecule has 3 rings (SSSR count). The van der Waals surface area contributed by atoms with Gasteiger partial charge in [-0.3, -0.25) is 19.4 Å². The van der Waals surface area contributed by atoms with Gasteiger partial charge in [-0.05, 0) is 38.0 Å². The lowest BCUT2D eigenvalue weighted by Gasteiger charge is -2.33. The van der Waals surface area contributed by atoms with Crippen molar-refractivity contribution in [3.8, 4) is 0 Å². The van der Waals surface area contributed by atoms with Crippen LogP contribution < -0.4 is 5.32 Å². The van der Waals surface area contributed by atoms with Crippen molar-refractivity contribution in [1.82, 2.24) is 15.2 Å². The van der Waals surface area contributed by atoms with Gasteiger partial charge in [0.25, 0.3) is 5.91 Å². The number of nitrogens with zero attached hydrogens (tertiary/aromatic N) is 2. The van der Waals surface area contributed by atoms with Crippen molar-refractivity contribution in [1.29, 1.82) is 0 Å². The van der Waals surface area contributed by atoms with E-state index < -0.39 is 27.5 Å². The van der Waals surface area contributed by atoms with Crippen LogP contribution in [0, 0.1) is 5.92 Å². The monoisotopic (exact) mass is 431 g/mol. The molecule has 0 aliphatic carbocycles. The van der Waals surface area contributed by atoms with Gasteiger partial charge in [0.05, 0.1) is 5.52 Å². The lowest BCUT2D eigenvalue weighted by atomic mass is 9.94. The van der Waals surface area contributed by atoms with Crippen molar-refractivity contribution >= 4 is 38.3 Å². The lowest BCUT2D eigenvalue weighted by Crippen LogP contribution is -2.51. The molecule has 0 bridgehead atoms. The molecular formula is C21H25N3O5S. The number of ketones is 1. The fourth-order valence-electron chi connectivity index (χ4n) is 3.73. The highest BCUT2D eigenvalue weighted by Gasteiger charge is 2.32. The van der Waals surface area contributed by atoms with E-state index >= 15 is 0 Å². The first-order valence-electron chi connectivity index (χ1n) is 9.79. The van der Waals surface area contributed by atoms with Crippen LogP contribution in [0.15, 0.2) is 36.5 Å². The SMILES string of the molecule is C[C@@H](NC(=O)c1cccc2ncccc12)C(=O)N1CCC[C@@H](C(=O)CS(C)(=O)=O)C1. The summed E-state index contributed by atoms with van der Waals surface area (Å²) in [6.07, 6.45) is 3.84. The van der Waals surface area contributed by atoms with E-state index in [1.807, 2.05) is 6.07 Å². The Kier molecular flexibility index (Phi) is 6.50. The zero-order valence-electron chi connectivity index (χ0n) is 17.0. The van der Waals surface area contributed by atoms with Gasteiger partial charge in [0.1, 0.15) is 11.8 Å². The minimum absolute atomic E-state index is 0.172. The number of rotatable bonds is 6. The first-order valence-corrected chi connectivity index (χ1v) is 11.9. The standard InChI is InChI=1S/C21H25N3O5S/c1-14(23-20(26)17-7-3-9-18-16(17)8-4-10-22-18)21(27)24-11-5-6-15(12-24)19(25)13-30(2,28)29/h3-4,7-10,14-15H,5-6,11-13H2,1-2H3,(H,23,26)/t14-,15-/m1/s1. The summed E-state index contributed by atoms with van der Waals surface area (Å²) in [6.45, 7) is 2.25. The molecule has 2 amide bonds. The van der Waals surface area contributed by atoms with Crippen molar-refractivity contribution in [3.05, 3.63) is 42.1 Å². The summed E-state index contributed by atoms with van der Waals surface area (Å²) >= 11 is 0. The van der Waals surface area contributed by atoms with E-state index in [9.17, 15) is 22.8 Å². The summed E-state index contributed by atoms with van der Waals surface area (Å²) in [5.74, 6) is -2.05. The number of aromatic nitrogens is 1. The zero-order chi connectivity index (χ0) is 21.9. The number of sulfone groups is 1. The second-order valence-corrected chi connectivity index (χ2v) is 9.87. The average Bonchev–Trinajstić information content (AvgIpc) is 2.71. The van der Waals surface area contributed by atoms with Gasteiger partial charge in [0, 0.05) is 42.4 Å². The van der Waals surface area contributed by atoms with Crippen molar-refractivity contribution in [2.45, 2.75) is 25.8 Å². The maximum Gasteiger partial charge on any atom is 0.252 e. The molecule has 0 radical (unpaired) electrons. The Bertz CT molecular complexity index is 1080. The van der Waals surface area contributed by atoms with E-state index in [1.165, 1.54) is 4.90 Å². The molecule has 1 N–H and O–H groups in total. The summed E-state index contributed by atoms with van der Waals surface area (Å²) in [4.78, 5) is 43.6. The molecule has 1 aromatic carbocycles. The van der Waals surface area contributed by atoms with Crippen molar-refractivity contribution in [2.24, 2.45) is 5.92 Å². The van der Waals surface area contributed by atoms with Crippen LogP contribution in [0.25, 0.3) is 10.9 Å². The Labute approximate surface area is 175 Å². The summed E-state index contributed by atoms with van der Waals surface area (Å²) < 4.78 is 22.8. The largest absolute Gasteiger partial charge is 0.341 e. The van der Waals surface area contributed by atoms with Gasteiger partial charge < -0.3 is 10.2 Å². The number of hydrogen-bond acceptors (Lipinski definition) is 6. The number of carbonyl (C=O) groups excluding carboxylic acids is 3. The third kappa shape index (κ3) is 5.21. The van der Waals surface area contributed by atoms with E-state index in [0.29, 0.717) is 35.9 Å². The maximum atomic E-state index is 12.9. The number of fused-ring (bicyclic) bond motifs is 1. The number of pyridine rings is 1. The molecule has 1 aliphatic heterocycles. The Morgan fingerprint density at radius 3 is 2.73 bits per heavy atom. The lowest BCUT2D eigenvalue weighted by molar-refractivity contribution is -0.136. The molecule has 160 valence electrons. The topological polar surface area (TPSA) is 114 Å². The van der Waals surface area contributed by atoms with Gasteiger partial charge >= 0.3 is 0 Å². The van der Waals surface area contributed by atoms with Crippen molar-refractivity contribution in [2.75, 3.05) is 25.1 Å². The van der Waals surface area contributed by atoms with Crippen LogP contribution >= 0.6 is 0 Å². The third-order valence-corrected chi connectivity index (χ3v) is 6.01. The molecular weight excluding hydrogens is 406 g/mol. The van der Waals surface area contributed by atoms with Crippen LogP contribution in [0.2, 0.25) is 0 Å². The van der Waals surface area contributed by atoms with E-state index in [-0.39, 0.29) is 24.1 Å². The Morgan fingerprint density at radius 2 is 2.00 bits per heavy atom. The predicted octanol–water partition coefficient (Wildman–Crippen LogP) is 1.21. The number of Topliss-reactive ketones (excluding diaryl/α,β-unsaturated/α-hetero) is 1. The first kappa shape index (κ1) is 21.9. The fraction of sp³-hybridized carbons (Fsp3) is 0.429. The molecule has 2 aromatic rings. The fourth-order valence-corrected chi connectivity index (χ4v) is 4.48. The molecule has 9 heteroatoms. The predicted molar refractivity (Wildman–Crippen MR) is 113 cm³/mol. The third-order valence-electron chi connectivity index (χ3n) is 5.20. The summed E-state index contributed by atoms with van der Waals surface area (Å²) in [5.41, 5.74) is 1.12. The van der Waals surface area contributed by atoms with E-state index in [2.05, 4.69) is 10.3 Å². The van der Waals surface area contributed by atoms with Gasteiger partial charge in [0.15, 0.2) is 15.6 Å². The molecule has 1 saturated heterocycles. The highest BCUT2D eigenvalue weighted by atomic mass is 32.2. The number of piperidine rings is 1. The normalized spacial score (nSPS) is 18.1. The van der Waals surface area contributed by atoms with Crippen LogP contribution in [0.5, 0.6) is 0 Å². The van der Waals surface area contributed by atoms with Gasteiger partial charge in [-0.25, -0.2) is 8.42 Å². The van der Waals surface area contributed by atoms with E-state index in [4.69, 9.17) is 0 Å². The summed E-state index contributed by atoms with van der Waals surface area (Å²) in [7, 11) is -3.41. The molecule has 0 saturated carbocycles. The number of amides is 2. The molecule has 1 fully saturated rings. The van der Waals surface area contributed by atoms with Crippen LogP contribution in [0.1, 0.15) is 30.1 Å². The molecule has 2 heterocycles. The Morgan fingerprint density at radius 1 is 1.23 bits per heavy atom. The summed E-state index contributed by atoms with van der Waals surface area (Å²) in [5, 5.41) is 3.42.